The second-order valence-corrected chi connectivity index (χ2v) is 7.28. The molecule has 0 N–H and O–H groups in total. The number of carbonyl (C=O) groups excluding carboxylic acids is 3. The van der Waals surface area contributed by atoms with Crippen molar-refractivity contribution in [1.29, 1.82) is 0 Å². The molecule has 0 heterocycles. The summed E-state index contributed by atoms with van der Waals surface area (Å²) in [4.78, 5) is 37.9. The van der Waals surface area contributed by atoms with Gasteiger partial charge in [-0.25, -0.2) is 0 Å². The topological polar surface area (TPSA) is 69.7 Å². The maximum Gasteiger partial charge on any atom is 2.00 e. The molecule has 0 aliphatic heterocycles. The Bertz CT molecular complexity index is 718. The fourth-order valence-electron chi connectivity index (χ4n) is 3.27. The number of hydrogen-bond donors (Lipinski definition) is 0. The van der Waals surface area contributed by atoms with Crippen molar-refractivity contribution in [3.8, 4) is 0 Å². The first-order valence-electron chi connectivity index (χ1n) is 10.5. The summed E-state index contributed by atoms with van der Waals surface area (Å²) in [6.45, 7) is 3.53. The summed E-state index contributed by atoms with van der Waals surface area (Å²) in [5.74, 6) is -3.20. The minimum absolute atomic E-state index is 0. The maximum atomic E-state index is 12.7. The number of benzene rings is 1. The van der Waals surface area contributed by atoms with Gasteiger partial charge in [0, 0.05) is 23.3 Å². The second kappa shape index (κ2) is 16.3. The Morgan fingerprint density at radius 1 is 0.818 bits per heavy atom. The quantitative estimate of drug-likeness (QED) is 0.277. The largest absolute Gasteiger partial charge is 2.00 e. The maximum absolute atomic E-state index is 12.7. The molecule has 0 bridgehead atoms. The summed E-state index contributed by atoms with van der Waals surface area (Å²) in [7, 11) is 0. The van der Waals surface area contributed by atoms with E-state index in [4.69, 9.17) is 21.1 Å². The molecule has 0 aromatic heterocycles. The molecule has 1 aromatic rings. The minimum Gasteiger partial charge on any atom is -0.465 e. The van der Waals surface area contributed by atoms with Gasteiger partial charge in [-0.15, -0.1) is 0 Å². The number of rotatable bonds is 9. The van der Waals surface area contributed by atoms with Crippen LogP contribution in [0.1, 0.15) is 31.7 Å². The van der Waals surface area contributed by atoms with Crippen LogP contribution in [0.25, 0.3) is 0 Å². The Balaban J connectivity index is 0.000000799. The van der Waals surface area contributed by atoms with Gasteiger partial charge in [-0.2, -0.15) is 0 Å². The van der Waals surface area contributed by atoms with Crippen LogP contribution in [0.4, 0.5) is 0 Å². The van der Waals surface area contributed by atoms with Gasteiger partial charge in [0.15, 0.2) is 5.92 Å². The Labute approximate surface area is 213 Å². The van der Waals surface area contributed by atoms with Gasteiger partial charge < -0.3 is 9.47 Å². The zero-order valence-corrected chi connectivity index (χ0v) is 20.4. The van der Waals surface area contributed by atoms with Gasteiger partial charge in [-0.1, -0.05) is 29.8 Å². The van der Waals surface area contributed by atoms with E-state index in [0.717, 1.165) is 0 Å². The van der Waals surface area contributed by atoms with Gasteiger partial charge in [0.25, 0.3) is 0 Å². The summed E-state index contributed by atoms with van der Waals surface area (Å²) >= 11 is 6.32. The van der Waals surface area contributed by atoms with Crippen molar-refractivity contribution >= 4 is 29.3 Å². The number of halogens is 1. The molecule has 2 aliphatic carbocycles. The van der Waals surface area contributed by atoms with E-state index < -0.39 is 23.8 Å². The molecule has 2 aliphatic rings. The average molecular weight is 511 g/mol. The molecule has 5 nitrogen and oxygen atoms in total. The van der Waals surface area contributed by atoms with Crippen LogP contribution < -0.4 is 0 Å². The molecule has 3 rings (SSSR count). The molecular formula is C26H27ClFeO5+2. The number of Topliss-reactive ketones (excluding diaryl/α,β-unsaturated/α-hetero) is 1. The molecule has 1 unspecified atom stereocenters. The molecule has 174 valence electrons. The van der Waals surface area contributed by atoms with Gasteiger partial charge in [0.05, 0.1) is 13.2 Å². The summed E-state index contributed by atoms with van der Waals surface area (Å²) in [6, 6.07) is 6.85. The van der Waals surface area contributed by atoms with Crippen molar-refractivity contribution in [3.05, 3.63) is 98.6 Å². The molecule has 33 heavy (non-hydrogen) atoms. The van der Waals surface area contributed by atoms with Crippen molar-refractivity contribution < 1.29 is 40.9 Å². The van der Waals surface area contributed by atoms with Crippen LogP contribution in [0.3, 0.4) is 0 Å². The Kier molecular flexibility index (Phi) is 14.7. The molecule has 1 atom stereocenters. The molecule has 2 saturated carbocycles. The third-order valence-corrected chi connectivity index (χ3v) is 5.08. The van der Waals surface area contributed by atoms with Crippen molar-refractivity contribution in [2.75, 3.05) is 13.2 Å². The van der Waals surface area contributed by atoms with E-state index in [2.05, 4.69) is 0 Å². The van der Waals surface area contributed by atoms with Gasteiger partial charge in [0.1, 0.15) is 5.78 Å². The zero-order valence-electron chi connectivity index (χ0n) is 18.6. The molecular weight excluding hydrogens is 484 g/mol. The first-order chi connectivity index (χ1) is 15.5. The fraction of sp³-hybridized carbons (Fsp3) is 0.269. The third kappa shape index (κ3) is 9.42. The summed E-state index contributed by atoms with van der Waals surface area (Å²) < 4.78 is 10.2. The van der Waals surface area contributed by atoms with Gasteiger partial charge in [-0.3, -0.25) is 14.4 Å². The van der Waals surface area contributed by atoms with Crippen LogP contribution in [-0.4, -0.2) is 30.9 Å². The first kappa shape index (κ1) is 29.7. The van der Waals surface area contributed by atoms with Crippen LogP contribution >= 0.6 is 11.6 Å². The molecule has 0 saturated heterocycles. The number of esters is 2. The molecule has 1 aromatic carbocycles. The standard InChI is InChI=1S/C21H22ClO5.C5H5.Fe/c1-3-26-20(24)19(21(25)27-4-2)16(15-11-7-8-12-17(15)22)13-18(23)14-9-5-6-10-14;1-2-4-5-3-1;/h5-12,16,19H,3-4,13H2,1-2H3;1-5H;/q;;+2. The van der Waals surface area contributed by atoms with E-state index in [0.29, 0.717) is 16.5 Å². The van der Waals surface area contributed by atoms with Crippen molar-refractivity contribution in [2.24, 2.45) is 5.92 Å². The molecule has 2 fully saturated rings. The predicted octanol–water partition coefficient (Wildman–Crippen LogP) is 4.55. The summed E-state index contributed by atoms with van der Waals surface area (Å²) in [5, 5.41) is 0.372. The SMILES string of the molecule is CCOC(=O)C(C(=O)OCC)C(CC(=O)[C]1[CH][CH][CH][CH]1)c1ccccc1Cl.[CH]1[CH][CH][CH][CH]1.[Fe+2]. The second-order valence-electron chi connectivity index (χ2n) is 6.87. The number of carbonyl (C=O) groups is 3. The Morgan fingerprint density at radius 2 is 1.30 bits per heavy atom. The zero-order chi connectivity index (χ0) is 23.3. The van der Waals surface area contributed by atoms with E-state index in [1.165, 1.54) is 0 Å². The van der Waals surface area contributed by atoms with Gasteiger partial charge in [-0.05, 0) is 83.3 Å². The fourth-order valence-corrected chi connectivity index (χ4v) is 3.55. The molecule has 0 spiro atoms. The van der Waals surface area contributed by atoms with Gasteiger partial charge >= 0.3 is 29.0 Å². The Morgan fingerprint density at radius 3 is 1.76 bits per heavy atom. The van der Waals surface area contributed by atoms with Gasteiger partial charge in [0.2, 0.25) is 0 Å². The van der Waals surface area contributed by atoms with E-state index in [1.54, 1.807) is 63.8 Å². The normalized spacial score (nSPS) is 16.4. The number of ether oxygens (including phenoxy) is 2. The predicted molar refractivity (Wildman–Crippen MR) is 123 cm³/mol. The minimum atomic E-state index is -1.27. The van der Waals surface area contributed by atoms with E-state index in [1.807, 2.05) is 32.1 Å². The van der Waals surface area contributed by atoms with Crippen LogP contribution in [0.5, 0.6) is 0 Å². The summed E-state index contributed by atoms with van der Waals surface area (Å²) in [5.41, 5.74) is 0.533. The van der Waals surface area contributed by atoms with Crippen LogP contribution in [0.15, 0.2) is 24.3 Å². The van der Waals surface area contributed by atoms with Crippen LogP contribution in [0.2, 0.25) is 5.02 Å². The molecule has 0 amide bonds. The summed E-state index contributed by atoms with van der Waals surface area (Å²) in [6.07, 6.45) is 16.8. The van der Waals surface area contributed by atoms with Crippen molar-refractivity contribution in [1.82, 2.24) is 0 Å². The van der Waals surface area contributed by atoms with E-state index in [-0.39, 0.29) is 42.5 Å². The monoisotopic (exact) mass is 510 g/mol. The molecule has 7 heteroatoms. The Hall–Kier alpha value is -1.36. The number of hydrogen-bond acceptors (Lipinski definition) is 5. The van der Waals surface area contributed by atoms with Crippen molar-refractivity contribution in [2.45, 2.75) is 26.2 Å². The van der Waals surface area contributed by atoms with E-state index in [9.17, 15) is 14.4 Å². The third-order valence-electron chi connectivity index (χ3n) is 4.73. The van der Waals surface area contributed by atoms with Crippen LogP contribution in [-0.2, 0) is 40.9 Å². The van der Waals surface area contributed by atoms with E-state index >= 15 is 0 Å². The average Bonchev–Trinajstić information content (AvgIpc) is 3.51. The smallest absolute Gasteiger partial charge is 0.465 e. The molecule has 10 radical (unpaired) electrons. The van der Waals surface area contributed by atoms with Crippen molar-refractivity contribution in [3.63, 3.8) is 0 Å². The van der Waals surface area contributed by atoms with Crippen LogP contribution in [0, 0.1) is 69.6 Å². The number of ketones is 1. The first-order valence-corrected chi connectivity index (χ1v) is 10.9.